The Morgan fingerprint density at radius 2 is 1.95 bits per heavy atom. The summed E-state index contributed by atoms with van der Waals surface area (Å²) in [5, 5.41) is 0. The minimum Gasteiger partial charge on any atom is -0.458 e. The van der Waals surface area contributed by atoms with Crippen molar-refractivity contribution in [1.29, 1.82) is 0 Å². The van der Waals surface area contributed by atoms with Crippen LogP contribution in [0.3, 0.4) is 0 Å². The first-order valence-electron chi connectivity index (χ1n) is 6.54. The molecule has 3 rings (SSSR count). The Hall–Kier alpha value is -2.20. The molecule has 0 saturated heterocycles. The Bertz CT molecular complexity index is 722. The Morgan fingerprint density at radius 1 is 1.19 bits per heavy atom. The van der Waals surface area contributed by atoms with Crippen LogP contribution in [0.2, 0.25) is 0 Å². The van der Waals surface area contributed by atoms with Gasteiger partial charge in [0.05, 0.1) is 15.4 Å². The second-order valence-corrected chi connectivity index (χ2v) is 5.87. The molecule has 0 atom stereocenters. The van der Waals surface area contributed by atoms with Gasteiger partial charge < -0.3 is 9.47 Å². The van der Waals surface area contributed by atoms with E-state index in [9.17, 15) is 4.79 Å². The van der Waals surface area contributed by atoms with Crippen LogP contribution in [0.25, 0.3) is 0 Å². The van der Waals surface area contributed by atoms with Gasteiger partial charge in [-0.05, 0) is 36.8 Å². The molecule has 0 bridgehead atoms. The standard InChI is InChI=1S/C17H14O3S/c1-11(2)10-19-17(18)12-6-5-8-14-16(12)21-15-9-4-3-7-13(15)20-14/h3-9H,1,10H2,2H3. The van der Waals surface area contributed by atoms with Crippen molar-refractivity contribution in [2.24, 2.45) is 0 Å². The fourth-order valence-corrected chi connectivity index (χ4v) is 3.02. The number of hydrogen-bond donors (Lipinski definition) is 0. The molecule has 3 nitrogen and oxygen atoms in total. The Balaban J connectivity index is 1.92. The van der Waals surface area contributed by atoms with Gasteiger partial charge in [0.25, 0.3) is 0 Å². The number of benzene rings is 2. The van der Waals surface area contributed by atoms with Crippen LogP contribution in [0.4, 0.5) is 0 Å². The van der Waals surface area contributed by atoms with Crippen LogP contribution in [-0.4, -0.2) is 12.6 Å². The van der Waals surface area contributed by atoms with Crippen molar-refractivity contribution in [3.8, 4) is 11.5 Å². The van der Waals surface area contributed by atoms with E-state index in [1.807, 2.05) is 37.3 Å². The van der Waals surface area contributed by atoms with Crippen molar-refractivity contribution >= 4 is 17.7 Å². The minimum atomic E-state index is -0.356. The molecule has 1 aliphatic heterocycles. The van der Waals surface area contributed by atoms with E-state index < -0.39 is 0 Å². The number of carbonyl (C=O) groups is 1. The minimum absolute atomic E-state index is 0.227. The first kappa shape index (κ1) is 13.8. The van der Waals surface area contributed by atoms with Gasteiger partial charge in [-0.25, -0.2) is 4.79 Å². The second-order valence-electron chi connectivity index (χ2n) is 4.82. The van der Waals surface area contributed by atoms with Crippen LogP contribution in [-0.2, 0) is 4.74 Å². The molecule has 0 unspecified atom stereocenters. The average Bonchev–Trinajstić information content (AvgIpc) is 2.50. The summed E-state index contributed by atoms with van der Waals surface area (Å²) in [6.45, 7) is 5.78. The molecule has 0 N–H and O–H groups in total. The third-order valence-electron chi connectivity index (χ3n) is 2.93. The number of ether oxygens (including phenoxy) is 2. The summed E-state index contributed by atoms with van der Waals surface area (Å²) in [5.74, 6) is 1.14. The van der Waals surface area contributed by atoms with Crippen molar-refractivity contribution in [3.63, 3.8) is 0 Å². The first-order valence-corrected chi connectivity index (χ1v) is 7.36. The van der Waals surface area contributed by atoms with Crippen LogP contribution in [0.1, 0.15) is 17.3 Å². The summed E-state index contributed by atoms with van der Waals surface area (Å²) in [4.78, 5) is 14.0. The topological polar surface area (TPSA) is 35.5 Å². The Labute approximate surface area is 127 Å². The largest absolute Gasteiger partial charge is 0.458 e. The molecule has 2 aromatic rings. The maximum Gasteiger partial charge on any atom is 0.339 e. The quantitative estimate of drug-likeness (QED) is 0.519. The van der Waals surface area contributed by atoms with Gasteiger partial charge >= 0.3 is 5.97 Å². The number of hydrogen-bond acceptors (Lipinski definition) is 4. The summed E-state index contributed by atoms with van der Waals surface area (Å²) in [6, 6.07) is 13.2. The van der Waals surface area contributed by atoms with Crippen molar-refractivity contribution in [1.82, 2.24) is 0 Å². The molecule has 1 heterocycles. The van der Waals surface area contributed by atoms with Crippen molar-refractivity contribution in [2.45, 2.75) is 16.7 Å². The highest BCUT2D eigenvalue weighted by atomic mass is 32.2. The van der Waals surface area contributed by atoms with Crippen LogP contribution < -0.4 is 4.74 Å². The molecule has 0 amide bonds. The smallest absolute Gasteiger partial charge is 0.339 e. The molecule has 0 aliphatic carbocycles. The fraction of sp³-hybridized carbons (Fsp3) is 0.118. The Kier molecular flexibility index (Phi) is 3.71. The van der Waals surface area contributed by atoms with Gasteiger partial charge in [-0.3, -0.25) is 0 Å². The van der Waals surface area contributed by atoms with Gasteiger partial charge in [0.2, 0.25) is 0 Å². The number of rotatable bonds is 3. The highest BCUT2D eigenvalue weighted by Crippen LogP contribution is 2.48. The fourth-order valence-electron chi connectivity index (χ4n) is 1.98. The molecule has 0 aromatic heterocycles. The summed E-state index contributed by atoms with van der Waals surface area (Å²) >= 11 is 1.52. The zero-order chi connectivity index (χ0) is 14.8. The van der Waals surface area contributed by atoms with Crippen molar-refractivity contribution in [3.05, 3.63) is 60.2 Å². The highest BCUT2D eigenvalue weighted by molar-refractivity contribution is 7.99. The van der Waals surface area contributed by atoms with Gasteiger partial charge in [-0.1, -0.05) is 36.5 Å². The molecule has 4 heteroatoms. The molecule has 21 heavy (non-hydrogen) atoms. The monoisotopic (exact) mass is 298 g/mol. The van der Waals surface area contributed by atoms with E-state index in [1.165, 1.54) is 11.8 Å². The van der Waals surface area contributed by atoms with E-state index in [1.54, 1.807) is 12.1 Å². The molecule has 0 fully saturated rings. The Morgan fingerprint density at radius 3 is 2.76 bits per heavy atom. The van der Waals surface area contributed by atoms with Gasteiger partial charge in [-0.2, -0.15) is 0 Å². The summed E-state index contributed by atoms with van der Waals surface area (Å²) in [5.41, 5.74) is 1.33. The number of esters is 1. The maximum atomic E-state index is 12.2. The van der Waals surface area contributed by atoms with E-state index in [2.05, 4.69) is 6.58 Å². The normalized spacial score (nSPS) is 11.9. The summed E-state index contributed by atoms with van der Waals surface area (Å²) in [6.07, 6.45) is 0. The van der Waals surface area contributed by atoms with Crippen LogP contribution in [0.15, 0.2) is 64.4 Å². The second kappa shape index (κ2) is 5.66. The van der Waals surface area contributed by atoms with Gasteiger partial charge in [0.15, 0.2) is 0 Å². The van der Waals surface area contributed by atoms with Gasteiger partial charge in [0, 0.05) is 0 Å². The predicted molar refractivity (Wildman–Crippen MR) is 82.2 cm³/mol. The van der Waals surface area contributed by atoms with E-state index >= 15 is 0 Å². The highest BCUT2D eigenvalue weighted by Gasteiger charge is 2.23. The molecule has 1 aliphatic rings. The van der Waals surface area contributed by atoms with E-state index in [0.29, 0.717) is 11.3 Å². The lowest BCUT2D eigenvalue weighted by Crippen LogP contribution is -2.09. The first-order chi connectivity index (χ1) is 10.1. The third-order valence-corrected chi connectivity index (χ3v) is 4.11. The zero-order valence-electron chi connectivity index (χ0n) is 11.6. The molecule has 0 spiro atoms. The number of carbonyl (C=O) groups excluding carboxylic acids is 1. The molecule has 0 saturated carbocycles. The van der Waals surface area contributed by atoms with Crippen LogP contribution >= 0.6 is 11.8 Å². The van der Waals surface area contributed by atoms with E-state index in [4.69, 9.17) is 9.47 Å². The maximum absolute atomic E-state index is 12.2. The SMILES string of the molecule is C=C(C)COC(=O)c1cccc2c1Sc1ccccc1O2. The molecule has 0 radical (unpaired) electrons. The van der Waals surface area contributed by atoms with Gasteiger partial charge in [0.1, 0.15) is 18.1 Å². The average molecular weight is 298 g/mol. The molecule has 106 valence electrons. The van der Waals surface area contributed by atoms with Crippen molar-refractivity contribution in [2.75, 3.05) is 6.61 Å². The lowest BCUT2D eigenvalue weighted by atomic mass is 10.2. The molecular formula is C17H14O3S. The van der Waals surface area contributed by atoms with E-state index in [0.717, 1.165) is 21.1 Å². The van der Waals surface area contributed by atoms with E-state index in [-0.39, 0.29) is 12.6 Å². The van der Waals surface area contributed by atoms with Crippen molar-refractivity contribution < 1.29 is 14.3 Å². The summed E-state index contributed by atoms with van der Waals surface area (Å²) < 4.78 is 11.1. The number of para-hydroxylation sites is 1. The predicted octanol–water partition coefficient (Wildman–Crippen LogP) is 4.68. The zero-order valence-corrected chi connectivity index (χ0v) is 12.4. The molecule has 2 aromatic carbocycles. The summed E-state index contributed by atoms with van der Waals surface area (Å²) in [7, 11) is 0. The number of fused-ring (bicyclic) bond motifs is 2. The third kappa shape index (κ3) is 2.81. The lowest BCUT2D eigenvalue weighted by Gasteiger charge is -2.21. The molecular weight excluding hydrogens is 284 g/mol. The van der Waals surface area contributed by atoms with Crippen LogP contribution in [0.5, 0.6) is 11.5 Å². The van der Waals surface area contributed by atoms with Gasteiger partial charge in [-0.15, -0.1) is 0 Å². The van der Waals surface area contributed by atoms with Crippen LogP contribution in [0, 0.1) is 0 Å². The lowest BCUT2D eigenvalue weighted by molar-refractivity contribution is 0.0535.